The Kier molecular flexibility index (Phi) is 3.40. The molecule has 0 unspecified atom stereocenters. The van der Waals surface area contributed by atoms with E-state index in [0.717, 1.165) is 5.56 Å². The van der Waals surface area contributed by atoms with Gasteiger partial charge >= 0.3 is 0 Å². The van der Waals surface area contributed by atoms with Crippen molar-refractivity contribution < 1.29 is 9.21 Å². The average molecular weight is 231 g/mol. The van der Waals surface area contributed by atoms with Gasteiger partial charge in [-0.2, -0.15) is 5.10 Å². The molecule has 0 aliphatic heterocycles. The zero-order chi connectivity index (χ0) is 12.1. The van der Waals surface area contributed by atoms with Crippen molar-refractivity contribution in [2.24, 2.45) is 7.05 Å². The number of nitrogens with zero attached hydrogens (tertiary/aromatic N) is 2. The Bertz CT molecular complexity index is 512. The van der Waals surface area contributed by atoms with E-state index in [-0.39, 0.29) is 5.91 Å². The van der Waals surface area contributed by atoms with Crippen molar-refractivity contribution in [3.8, 4) is 0 Å². The maximum atomic E-state index is 11.5. The third-order valence-electron chi connectivity index (χ3n) is 2.17. The third kappa shape index (κ3) is 3.34. The second-order valence-corrected chi connectivity index (χ2v) is 3.59. The van der Waals surface area contributed by atoms with E-state index in [2.05, 4.69) is 10.4 Å². The van der Waals surface area contributed by atoms with E-state index in [9.17, 15) is 4.79 Å². The van der Waals surface area contributed by atoms with Crippen molar-refractivity contribution >= 4 is 12.0 Å². The first-order valence-corrected chi connectivity index (χ1v) is 5.21. The molecule has 1 amide bonds. The van der Waals surface area contributed by atoms with Crippen LogP contribution in [0.15, 0.2) is 41.3 Å². The van der Waals surface area contributed by atoms with Crippen LogP contribution in [0.4, 0.5) is 0 Å². The number of hydrogen-bond acceptors (Lipinski definition) is 3. The summed E-state index contributed by atoms with van der Waals surface area (Å²) in [6, 6.07) is 3.55. The minimum Gasteiger partial charge on any atom is -0.465 e. The van der Waals surface area contributed by atoms with Crippen LogP contribution in [0.5, 0.6) is 0 Å². The molecule has 2 heterocycles. The molecule has 0 saturated carbocycles. The lowest BCUT2D eigenvalue weighted by atomic mass is 10.3. The minimum atomic E-state index is -0.162. The number of rotatable bonds is 4. The third-order valence-corrected chi connectivity index (χ3v) is 2.17. The van der Waals surface area contributed by atoms with Crippen molar-refractivity contribution in [3.63, 3.8) is 0 Å². The van der Waals surface area contributed by atoms with E-state index < -0.39 is 0 Å². The van der Waals surface area contributed by atoms with Gasteiger partial charge in [0.05, 0.1) is 12.5 Å². The molecule has 0 aliphatic carbocycles. The maximum Gasteiger partial charge on any atom is 0.244 e. The minimum absolute atomic E-state index is 0.162. The van der Waals surface area contributed by atoms with Gasteiger partial charge in [0, 0.05) is 31.4 Å². The fraction of sp³-hybridized carbons (Fsp3) is 0.167. The fourth-order valence-electron chi connectivity index (χ4n) is 1.36. The Morgan fingerprint density at radius 3 is 3.18 bits per heavy atom. The normalized spacial score (nSPS) is 10.9. The predicted octanol–water partition coefficient (Wildman–Crippen LogP) is 1.34. The molecule has 0 spiro atoms. The van der Waals surface area contributed by atoms with E-state index in [0.29, 0.717) is 12.3 Å². The smallest absolute Gasteiger partial charge is 0.244 e. The number of aryl methyl sites for hydroxylation is 1. The van der Waals surface area contributed by atoms with Crippen LogP contribution >= 0.6 is 0 Å². The second-order valence-electron chi connectivity index (χ2n) is 3.59. The molecule has 0 aliphatic rings. The molecule has 2 aromatic heterocycles. The van der Waals surface area contributed by atoms with E-state index >= 15 is 0 Å². The number of amides is 1. The first-order chi connectivity index (χ1) is 8.24. The first kappa shape index (κ1) is 11.2. The molecule has 17 heavy (non-hydrogen) atoms. The summed E-state index contributed by atoms with van der Waals surface area (Å²) in [7, 11) is 1.84. The van der Waals surface area contributed by atoms with Gasteiger partial charge < -0.3 is 9.73 Å². The van der Waals surface area contributed by atoms with Crippen LogP contribution in [0.1, 0.15) is 11.3 Å². The molecule has 0 saturated heterocycles. The van der Waals surface area contributed by atoms with Crippen LogP contribution in [-0.2, 0) is 18.4 Å². The Balaban J connectivity index is 1.82. The quantitative estimate of drug-likeness (QED) is 0.808. The van der Waals surface area contributed by atoms with Gasteiger partial charge in [0.2, 0.25) is 5.91 Å². The average Bonchev–Trinajstić information content (AvgIpc) is 2.95. The van der Waals surface area contributed by atoms with Gasteiger partial charge in [0.15, 0.2) is 0 Å². The highest BCUT2D eigenvalue weighted by molar-refractivity contribution is 5.91. The molecule has 88 valence electrons. The molecule has 0 fully saturated rings. The molecule has 1 N–H and O–H groups in total. The van der Waals surface area contributed by atoms with Crippen LogP contribution in [0.25, 0.3) is 6.08 Å². The summed E-state index contributed by atoms with van der Waals surface area (Å²) in [5.41, 5.74) is 0.965. The first-order valence-electron chi connectivity index (χ1n) is 5.21. The van der Waals surface area contributed by atoms with Crippen LogP contribution in [-0.4, -0.2) is 15.7 Å². The van der Waals surface area contributed by atoms with E-state index in [1.54, 1.807) is 35.4 Å². The Labute approximate surface area is 98.7 Å². The Morgan fingerprint density at radius 2 is 2.53 bits per heavy atom. The van der Waals surface area contributed by atoms with E-state index in [1.807, 2.05) is 13.2 Å². The lowest BCUT2D eigenvalue weighted by Gasteiger charge is -1.97. The number of nitrogens with one attached hydrogen (secondary N) is 1. The molecular weight excluding hydrogens is 218 g/mol. The van der Waals surface area contributed by atoms with Crippen molar-refractivity contribution in [1.82, 2.24) is 15.1 Å². The van der Waals surface area contributed by atoms with E-state index in [4.69, 9.17) is 4.42 Å². The lowest BCUT2D eigenvalue weighted by Crippen LogP contribution is -2.19. The SMILES string of the molecule is Cn1cc(CNC(=O)/C=C/c2ccco2)cn1. The summed E-state index contributed by atoms with van der Waals surface area (Å²) >= 11 is 0. The number of furan rings is 1. The zero-order valence-corrected chi connectivity index (χ0v) is 9.46. The van der Waals surface area contributed by atoms with Crippen LogP contribution in [0.2, 0.25) is 0 Å². The lowest BCUT2D eigenvalue weighted by molar-refractivity contribution is -0.116. The molecule has 5 nitrogen and oxygen atoms in total. The zero-order valence-electron chi connectivity index (χ0n) is 9.46. The van der Waals surface area contributed by atoms with Gasteiger partial charge in [-0.1, -0.05) is 0 Å². The molecule has 5 heteroatoms. The number of hydrogen-bond donors (Lipinski definition) is 1. The highest BCUT2D eigenvalue weighted by atomic mass is 16.3. The molecule has 0 aromatic carbocycles. The van der Waals surface area contributed by atoms with Crippen molar-refractivity contribution in [2.75, 3.05) is 0 Å². The van der Waals surface area contributed by atoms with Crippen molar-refractivity contribution in [1.29, 1.82) is 0 Å². The summed E-state index contributed by atoms with van der Waals surface area (Å²) in [6.07, 6.45) is 8.20. The van der Waals surface area contributed by atoms with Crippen molar-refractivity contribution in [3.05, 3.63) is 48.2 Å². The summed E-state index contributed by atoms with van der Waals surface area (Å²) in [6.45, 7) is 0.467. The highest BCUT2D eigenvalue weighted by Gasteiger charge is 1.99. The number of carbonyl (C=O) groups is 1. The van der Waals surface area contributed by atoms with Gasteiger partial charge in [0.1, 0.15) is 5.76 Å². The van der Waals surface area contributed by atoms with Gasteiger partial charge in [-0.15, -0.1) is 0 Å². The van der Waals surface area contributed by atoms with E-state index in [1.165, 1.54) is 6.08 Å². The number of aromatic nitrogens is 2. The standard InChI is InChI=1S/C12H13N3O2/c1-15-9-10(8-14-15)7-13-12(16)5-4-11-3-2-6-17-11/h2-6,8-9H,7H2,1H3,(H,13,16)/b5-4+. The highest BCUT2D eigenvalue weighted by Crippen LogP contribution is 2.02. The molecule has 0 atom stereocenters. The molecule has 0 bridgehead atoms. The van der Waals surface area contributed by atoms with Crippen molar-refractivity contribution in [2.45, 2.75) is 6.54 Å². The molecule has 0 radical (unpaired) electrons. The molecule has 2 rings (SSSR count). The second kappa shape index (κ2) is 5.16. The largest absolute Gasteiger partial charge is 0.465 e. The Hall–Kier alpha value is -2.30. The summed E-state index contributed by atoms with van der Waals surface area (Å²) < 4.78 is 6.76. The van der Waals surface area contributed by atoms with Gasteiger partial charge in [-0.05, 0) is 18.2 Å². The predicted molar refractivity (Wildman–Crippen MR) is 62.8 cm³/mol. The fourth-order valence-corrected chi connectivity index (χ4v) is 1.36. The molecule has 2 aromatic rings. The summed E-state index contributed by atoms with van der Waals surface area (Å²) in [5, 5.41) is 6.77. The van der Waals surface area contributed by atoms with Gasteiger partial charge in [-0.3, -0.25) is 9.48 Å². The maximum absolute atomic E-state index is 11.5. The molecular formula is C12H13N3O2. The van der Waals surface area contributed by atoms with Gasteiger partial charge in [0.25, 0.3) is 0 Å². The summed E-state index contributed by atoms with van der Waals surface area (Å²) in [4.78, 5) is 11.5. The number of carbonyl (C=O) groups excluding carboxylic acids is 1. The summed E-state index contributed by atoms with van der Waals surface area (Å²) in [5.74, 6) is 0.492. The van der Waals surface area contributed by atoms with Gasteiger partial charge in [-0.25, -0.2) is 0 Å². The van der Waals surface area contributed by atoms with Crippen LogP contribution in [0, 0.1) is 0 Å². The van der Waals surface area contributed by atoms with Crippen LogP contribution in [0.3, 0.4) is 0 Å². The monoisotopic (exact) mass is 231 g/mol. The topological polar surface area (TPSA) is 60.1 Å². The van der Waals surface area contributed by atoms with Crippen LogP contribution < -0.4 is 5.32 Å². The Morgan fingerprint density at radius 1 is 1.65 bits per heavy atom.